The van der Waals surface area contributed by atoms with E-state index >= 15 is 0 Å². The molecule has 3 rings (SSSR count). The lowest BCUT2D eigenvalue weighted by Crippen LogP contribution is -2.15. The van der Waals surface area contributed by atoms with E-state index in [0.717, 1.165) is 11.1 Å². The van der Waals surface area contributed by atoms with E-state index in [1.54, 1.807) is 12.1 Å². The number of rotatable bonds is 3. The Morgan fingerprint density at radius 1 is 1.05 bits per heavy atom. The van der Waals surface area contributed by atoms with Crippen LogP contribution in [0, 0.1) is 5.82 Å². The zero-order valence-electron chi connectivity index (χ0n) is 11.3. The molecule has 0 unspecified atom stereocenters. The lowest BCUT2D eigenvalue weighted by atomic mass is 10.0. The van der Waals surface area contributed by atoms with E-state index in [2.05, 4.69) is 5.32 Å². The van der Waals surface area contributed by atoms with Gasteiger partial charge in [0.05, 0.1) is 0 Å². The van der Waals surface area contributed by atoms with Crippen LogP contribution in [0.5, 0.6) is 11.5 Å². The molecule has 1 aliphatic heterocycles. The molecule has 104 valence electrons. The Balaban J connectivity index is 1.96. The largest absolute Gasteiger partial charge is 0.486 e. The smallest absolute Gasteiger partial charge is 0.161 e. The van der Waals surface area contributed by atoms with Crippen LogP contribution in [0.15, 0.2) is 36.4 Å². The van der Waals surface area contributed by atoms with Crippen molar-refractivity contribution < 1.29 is 13.9 Å². The minimum atomic E-state index is -0.227. The molecule has 0 bridgehead atoms. The van der Waals surface area contributed by atoms with E-state index in [0.29, 0.717) is 36.8 Å². The zero-order valence-corrected chi connectivity index (χ0v) is 11.3. The molecule has 2 aromatic carbocycles. The zero-order chi connectivity index (χ0) is 13.9. The molecule has 2 aromatic rings. The van der Waals surface area contributed by atoms with Crippen molar-refractivity contribution in [3.8, 4) is 22.6 Å². The maximum Gasteiger partial charge on any atom is 0.161 e. The molecule has 0 saturated carbocycles. The Kier molecular flexibility index (Phi) is 3.56. The van der Waals surface area contributed by atoms with E-state index < -0.39 is 0 Å². The van der Waals surface area contributed by atoms with E-state index in [9.17, 15) is 4.39 Å². The third-order valence-corrected chi connectivity index (χ3v) is 3.27. The fourth-order valence-corrected chi connectivity index (χ4v) is 2.32. The van der Waals surface area contributed by atoms with Gasteiger partial charge in [-0.05, 0) is 36.4 Å². The summed E-state index contributed by atoms with van der Waals surface area (Å²) in [5.74, 6) is 1.16. The summed E-state index contributed by atoms with van der Waals surface area (Å²) < 4.78 is 25.2. The third-order valence-electron chi connectivity index (χ3n) is 3.27. The SMILES string of the molecule is CNCc1ccc(-c2ccc3c(c2)OCCO3)c(F)c1. The maximum absolute atomic E-state index is 14.2. The predicted octanol–water partition coefficient (Wildman–Crippen LogP) is 2.98. The highest BCUT2D eigenvalue weighted by Gasteiger charge is 2.14. The first-order valence-electron chi connectivity index (χ1n) is 6.61. The standard InChI is InChI=1S/C16H16FNO2/c1-18-10-11-2-4-13(14(17)8-11)12-3-5-15-16(9-12)20-7-6-19-15/h2-5,8-9,18H,6-7,10H2,1H3. The van der Waals surface area contributed by atoms with Gasteiger partial charge in [0.25, 0.3) is 0 Å². The third kappa shape index (κ3) is 2.47. The molecule has 0 aromatic heterocycles. The van der Waals surface area contributed by atoms with Gasteiger partial charge in [0.15, 0.2) is 11.5 Å². The summed E-state index contributed by atoms with van der Waals surface area (Å²) in [7, 11) is 1.84. The summed E-state index contributed by atoms with van der Waals surface area (Å²) >= 11 is 0. The van der Waals surface area contributed by atoms with Gasteiger partial charge in [0, 0.05) is 12.1 Å². The summed E-state index contributed by atoms with van der Waals surface area (Å²) in [6.07, 6.45) is 0. The van der Waals surface area contributed by atoms with Crippen LogP contribution in [-0.2, 0) is 6.54 Å². The summed E-state index contributed by atoms with van der Waals surface area (Å²) in [5.41, 5.74) is 2.29. The molecule has 0 spiro atoms. The Morgan fingerprint density at radius 2 is 1.85 bits per heavy atom. The van der Waals surface area contributed by atoms with Crippen molar-refractivity contribution in [1.82, 2.24) is 5.32 Å². The van der Waals surface area contributed by atoms with Crippen LogP contribution in [-0.4, -0.2) is 20.3 Å². The summed E-state index contributed by atoms with van der Waals surface area (Å²) in [5, 5.41) is 3.01. The van der Waals surface area contributed by atoms with Gasteiger partial charge in [-0.15, -0.1) is 0 Å². The number of fused-ring (bicyclic) bond motifs is 1. The molecule has 1 N–H and O–H groups in total. The monoisotopic (exact) mass is 273 g/mol. The van der Waals surface area contributed by atoms with Gasteiger partial charge in [0.2, 0.25) is 0 Å². The van der Waals surface area contributed by atoms with Crippen molar-refractivity contribution in [2.24, 2.45) is 0 Å². The Labute approximate surface area is 117 Å². The molecule has 3 nitrogen and oxygen atoms in total. The first-order valence-corrected chi connectivity index (χ1v) is 6.61. The molecule has 1 aliphatic rings. The first-order chi connectivity index (χ1) is 9.78. The fourth-order valence-electron chi connectivity index (χ4n) is 2.32. The molecule has 20 heavy (non-hydrogen) atoms. The number of hydrogen-bond acceptors (Lipinski definition) is 3. The van der Waals surface area contributed by atoms with E-state index in [-0.39, 0.29) is 5.82 Å². The molecule has 0 amide bonds. The molecule has 0 saturated heterocycles. The minimum absolute atomic E-state index is 0.227. The lowest BCUT2D eigenvalue weighted by molar-refractivity contribution is 0.171. The number of nitrogens with one attached hydrogen (secondary N) is 1. The quantitative estimate of drug-likeness (QED) is 0.932. The van der Waals surface area contributed by atoms with Crippen LogP contribution in [0.2, 0.25) is 0 Å². The highest BCUT2D eigenvalue weighted by atomic mass is 19.1. The molecule has 0 fully saturated rings. The average Bonchev–Trinajstić information content (AvgIpc) is 2.47. The minimum Gasteiger partial charge on any atom is -0.486 e. The van der Waals surface area contributed by atoms with Gasteiger partial charge in [-0.1, -0.05) is 18.2 Å². The van der Waals surface area contributed by atoms with Crippen molar-refractivity contribution in [3.05, 3.63) is 47.8 Å². The van der Waals surface area contributed by atoms with E-state index in [4.69, 9.17) is 9.47 Å². The highest BCUT2D eigenvalue weighted by Crippen LogP contribution is 2.35. The fraction of sp³-hybridized carbons (Fsp3) is 0.250. The van der Waals surface area contributed by atoms with Crippen LogP contribution in [0.1, 0.15) is 5.56 Å². The topological polar surface area (TPSA) is 30.5 Å². The van der Waals surface area contributed by atoms with Crippen LogP contribution in [0.4, 0.5) is 4.39 Å². The highest BCUT2D eigenvalue weighted by molar-refractivity contribution is 5.68. The Morgan fingerprint density at radius 3 is 2.60 bits per heavy atom. The molecule has 0 atom stereocenters. The van der Waals surface area contributed by atoms with Crippen LogP contribution in [0.25, 0.3) is 11.1 Å². The van der Waals surface area contributed by atoms with E-state index in [1.807, 2.05) is 31.3 Å². The molecule has 0 aliphatic carbocycles. The van der Waals surface area contributed by atoms with Gasteiger partial charge >= 0.3 is 0 Å². The molecule has 4 heteroatoms. The maximum atomic E-state index is 14.2. The normalized spacial score (nSPS) is 13.3. The van der Waals surface area contributed by atoms with Crippen LogP contribution >= 0.6 is 0 Å². The molecule has 0 radical (unpaired) electrons. The summed E-state index contributed by atoms with van der Waals surface area (Å²) in [4.78, 5) is 0. The summed E-state index contributed by atoms with van der Waals surface area (Å²) in [6, 6.07) is 10.8. The van der Waals surface area contributed by atoms with Crippen molar-refractivity contribution in [2.75, 3.05) is 20.3 Å². The number of ether oxygens (including phenoxy) is 2. The van der Waals surface area contributed by atoms with Gasteiger partial charge < -0.3 is 14.8 Å². The first kappa shape index (κ1) is 12.9. The van der Waals surface area contributed by atoms with Gasteiger partial charge in [0.1, 0.15) is 19.0 Å². The second kappa shape index (κ2) is 5.51. The second-order valence-electron chi connectivity index (χ2n) is 4.70. The second-order valence-corrected chi connectivity index (χ2v) is 4.70. The van der Waals surface area contributed by atoms with Crippen molar-refractivity contribution in [2.45, 2.75) is 6.54 Å². The van der Waals surface area contributed by atoms with Crippen molar-refractivity contribution >= 4 is 0 Å². The molecular weight excluding hydrogens is 257 g/mol. The van der Waals surface area contributed by atoms with Crippen molar-refractivity contribution in [1.29, 1.82) is 0 Å². The Hall–Kier alpha value is -2.07. The summed E-state index contributed by atoms with van der Waals surface area (Å²) in [6.45, 7) is 1.73. The average molecular weight is 273 g/mol. The Bertz CT molecular complexity index is 628. The lowest BCUT2D eigenvalue weighted by Gasteiger charge is -2.19. The van der Waals surface area contributed by atoms with Crippen LogP contribution in [0.3, 0.4) is 0 Å². The number of benzene rings is 2. The predicted molar refractivity (Wildman–Crippen MR) is 75.6 cm³/mol. The molecule has 1 heterocycles. The van der Waals surface area contributed by atoms with Gasteiger partial charge in [-0.3, -0.25) is 0 Å². The van der Waals surface area contributed by atoms with E-state index in [1.165, 1.54) is 0 Å². The van der Waals surface area contributed by atoms with Gasteiger partial charge in [-0.25, -0.2) is 4.39 Å². The number of hydrogen-bond donors (Lipinski definition) is 1. The van der Waals surface area contributed by atoms with Gasteiger partial charge in [-0.2, -0.15) is 0 Å². The van der Waals surface area contributed by atoms with Crippen molar-refractivity contribution in [3.63, 3.8) is 0 Å². The van der Waals surface area contributed by atoms with Crippen LogP contribution < -0.4 is 14.8 Å². The number of halogens is 1. The molecular formula is C16H16FNO2.